The van der Waals surface area contributed by atoms with E-state index in [0.29, 0.717) is 25.3 Å². The van der Waals surface area contributed by atoms with Gasteiger partial charge in [0.15, 0.2) is 18.2 Å². The second-order valence-corrected chi connectivity index (χ2v) is 5.89. The molecule has 6 heteroatoms. The van der Waals surface area contributed by atoms with E-state index in [1.165, 1.54) is 6.07 Å². The lowest BCUT2D eigenvalue weighted by Crippen LogP contribution is -2.34. The molecule has 1 saturated heterocycles. The molecule has 0 radical (unpaired) electrons. The van der Waals surface area contributed by atoms with Crippen LogP contribution in [0.25, 0.3) is 0 Å². The van der Waals surface area contributed by atoms with Crippen molar-refractivity contribution in [2.75, 3.05) is 19.7 Å². The topological polar surface area (TPSA) is 59.0 Å². The van der Waals surface area contributed by atoms with Crippen molar-refractivity contribution in [1.82, 2.24) is 4.90 Å². The highest BCUT2D eigenvalue weighted by Gasteiger charge is 2.28. The summed E-state index contributed by atoms with van der Waals surface area (Å²) in [5, 5.41) is 9.00. The molecule has 27 heavy (non-hydrogen) atoms. The van der Waals surface area contributed by atoms with Crippen LogP contribution in [0.1, 0.15) is 25.8 Å². The standard InChI is InChI=1S/C19H20FNO4.C2H6/c20-17-3-1-2-4-18(17)25-16-9-10-21(11-16)19(23)13-24-15-7-5-14(12-22)6-8-15;1-2/h1-8,16,22H,9-13H2;1-2H3. The number of carbonyl (C=O) groups is 1. The lowest BCUT2D eigenvalue weighted by Gasteiger charge is -2.18. The fourth-order valence-corrected chi connectivity index (χ4v) is 2.70. The SMILES string of the molecule is CC.O=C(COc1ccc(CO)cc1)N1CCC(Oc2ccccc2F)C1. The highest BCUT2D eigenvalue weighted by Crippen LogP contribution is 2.21. The van der Waals surface area contributed by atoms with Crippen LogP contribution in [0.4, 0.5) is 4.39 Å². The van der Waals surface area contributed by atoms with Gasteiger partial charge in [0, 0.05) is 13.0 Å². The maximum atomic E-state index is 13.6. The lowest BCUT2D eigenvalue weighted by molar-refractivity contribution is -0.132. The monoisotopic (exact) mass is 375 g/mol. The van der Waals surface area contributed by atoms with Crippen molar-refractivity contribution in [2.45, 2.75) is 33.0 Å². The molecule has 1 unspecified atom stereocenters. The van der Waals surface area contributed by atoms with Gasteiger partial charge in [0.05, 0.1) is 13.2 Å². The van der Waals surface area contributed by atoms with E-state index in [2.05, 4.69) is 0 Å². The minimum atomic E-state index is -0.401. The minimum Gasteiger partial charge on any atom is -0.485 e. The maximum absolute atomic E-state index is 13.6. The molecule has 1 aliphatic heterocycles. The first-order chi connectivity index (χ1) is 13.2. The zero-order valence-electron chi connectivity index (χ0n) is 15.7. The van der Waals surface area contributed by atoms with Gasteiger partial charge in [0.25, 0.3) is 5.91 Å². The minimum absolute atomic E-state index is 0.0314. The van der Waals surface area contributed by atoms with Crippen molar-refractivity contribution in [1.29, 1.82) is 0 Å². The van der Waals surface area contributed by atoms with Gasteiger partial charge in [-0.25, -0.2) is 4.39 Å². The number of carbonyl (C=O) groups excluding carboxylic acids is 1. The van der Waals surface area contributed by atoms with E-state index in [-0.39, 0.29) is 31.0 Å². The Morgan fingerprint density at radius 2 is 1.89 bits per heavy atom. The highest BCUT2D eigenvalue weighted by molar-refractivity contribution is 5.78. The fraction of sp³-hybridized carbons (Fsp3) is 0.381. The number of hydrogen-bond donors (Lipinski definition) is 1. The van der Waals surface area contributed by atoms with Crippen LogP contribution in [-0.4, -0.2) is 41.7 Å². The number of para-hydroxylation sites is 1. The van der Waals surface area contributed by atoms with Gasteiger partial charge in [-0.15, -0.1) is 0 Å². The van der Waals surface area contributed by atoms with Gasteiger partial charge in [-0.05, 0) is 29.8 Å². The summed E-state index contributed by atoms with van der Waals surface area (Å²) < 4.78 is 24.7. The number of aliphatic hydroxyl groups excluding tert-OH is 1. The van der Waals surface area contributed by atoms with Crippen molar-refractivity contribution in [3.8, 4) is 11.5 Å². The number of hydrogen-bond acceptors (Lipinski definition) is 4. The summed E-state index contributed by atoms with van der Waals surface area (Å²) in [5.41, 5.74) is 0.784. The molecule has 3 rings (SSSR count). The van der Waals surface area contributed by atoms with E-state index in [1.54, 1.807) is 47.4 Å². The summed E-state index contributed by atoms with van der Waals surface area (Å²) in [4.78, 5) is 13.9. The van der Waals surface area contributed by atoms with E-state index in [4.69, 9.17) is 14.6 Å². The average Bonchev–Trinajstić information content (AvgIpc) is 3.18. The first kappa shape index (κ1) is 20.7. The number of benzene rings is 2. The van der Waals surface area contributed by atoms with Crippen LogP contribution < -0.4 is 9.47 Å². The first-order valence-electron chi connectivity index (χ1n) is 9.17. The van der Waals surface area contributed by atoms with Crippen molar-refractivity contribution in [3.63, 3.8) is 0 Å². The van der Waals surface area contributed by atoms with Crippen LogP contribution in [0.5, 0.6) is 11.5 Å². The lowest BCUT2D eigenvalue weighted by atomic mass is 10.2. The van der Waals surface area contributed by atoms with E-state index < -0.39 is 5.82 Å². The van der Waals surface area contributed by atoms with Crippen LogP contribution in [0.2, 0.25) is 0 Å². The highest BCUT2D eigenvalue weighted by atomic mass is 19.1. The number of rotatable bonds is 6. The number of ether oxygens (including phenoxy) is 2. The third-order valence-electron chi connectivity index (χ3n) is 4.10. The maximum Gasteiger partial charge on any atom is 0.260 e. The van der Waals surface area contributed by atoms with Crippen LogP contribution in [0, 0.1) is 5.82 Å². The number of aliphatic hydroxyl groups is 1. The quantitative estimate of drug-likeness (QED) is 0.841. The molecule has 0 bridgehead atoms. The number of nitrogens with zero attached hydrogens (tertiary/aromatic N) is 1. The molecule has 1 aliphatic rings. The zero-order chi connectivity index (χ0) is 19.6. The summed E-state index contributed by atoms with van der Waals surface area (Å²) in [6.45, 7) is 4.88. The summed E-state index contributed by atoms with van der Waals surface area (Å²) in [6.07, 6.45) is 0.440. The second kappa shape index (κ2) is 10.5. The molecule has 1 amide bonds. The molecule has 0 aliphatic carbocycles. The molecular formula is C21H26FNO4. The third-order valence-corrected chi connectivity index (χ3v) is 4.10. The van der Waals surface area contributed by atoms with Crippen molar-refractivity contribution < 1.29 is 23.8 Å². The van der Waals surface area contributed by atoms with Crippen molar-refractivity contribution in [2.24, 2.45) is 0 Å². The Balaban J connectivity index is 0.00000126. The predicted octanol–water partition coefficient (Wildman–Crippen LogP) is 3.40. The average molecular weight is 375 g/mol. The Labute approximate surface area is 159 Å². The molecular weight excluding hydrogens is 349 g/mol. The molecule has 0 spiro atoms. The molecule has 0 saturated carbocycles. The normalized spacial score (nSPS) is 15.7. The predicted molar refractivity (Wildman–Crippen MR) is 101 cm³/mol. The Morgan fingerprint density at radius 1 is 1.19 bits per heavy atom. The van der Waals surface area contributed by atoms with Gasteiger partial charge in [-0.2, -0.15) is 0 Å². The second-order valence-electron chi connectivity index (χ2n) is 5.89. The summed E-state index contributed by atoms with van der Waals surface area (Å²) in [6, 6.07) is 13.2. The van der Waals surface area contributed by atoms with Crippen LogP contribution in [0.15, 0.2) is 48.5 Å². The van der Waals surface area contributed by atoms with Crippen molar-refractivity contribution in [3.05, 3.63) is 59.9 Å². The third kappa shape index (κ3) is 5.96. The molecule has 1 N–H and O–H groups in total. The Hall–Kier alpha value is -2.60. The van der Waals surface area contributed by atoms with E-state index >= 15 is 0 Å². The number of amides is 1. The van der Waals surface area contributed by atoms with Gasteiger partial charge >= 0.3 is 0 Å². The van der Waals surface area contributed by atoms with Crippen LogP contribution in [-0.2, 0) is 11.4 Å². The molecule has 2 aromatic carbocycles. The number of likely N-dealkylation sites (tertiary alicyclic amines) is 1. The van der Waals surface area contributed by atoms with Crippen LogP contribution >= 0.6 is 0 Å². The van der Waals surface area contributed by atoms with Gasteiger partial charge in [0.1, 0.15) is 11.9 Å². The summed E-state index contributed by atoms with van der Waals surface area (Å²) >= 11 is 0. The molecule has 1 fully saturated rings. The van der Waals surface area contributed by atoms with Gasteiger partial charge < -0.3 is 19.5 Å². The number of halogens is 1. The molecule has 1 heterocycles. The molecule has 0 aromatic heterocycles. The molecule has 146 valence electrons. The smallest absolute Gasteiger partial charge is 0.260 e. The summed E-state index contributed by atoms with van der Waals surface area (Å²) in [7, 11) is 0. The molecule has 1 atom stereocenters. The molecule has 2 aromatic rings. The first-order valence-corrected chi connectivity index (χ1v) is 9.17. The fourth-order valence-electron chi connectivity index (χ4n) is 2.70. The Morgan fingerprint density at radius 3 is 2.56 bits per heavy atom. The summed E-state index contributed by atoms with van der Waals surface area (Å²) in [5.74, 6) is 0.249. The Kier molecular flexibility index (Phi) is 8.07. The van der Waals surface area contributed by atoms with Crippen LogP contribution in [0.3, 0.4) is 0 Å². The largest absolute Gasteiger partial charge is 0.485 e. The van der Waals surface area contributed by atoms with Crippen molar-refractivity contribution >= 4 is 5.91 Å². The van der Waals surface area contributed by atoms with E-state index in [9.17, 15) is 9.18 Å². The van der Waals surface area contributed by atoms with Gasteiger partial charge in [-0.3, -0.25) is 4.79 Å². The van der Waals surface area contributed by atoms with Gasteiger partial charge in [-0.1, -0.05) is 38.1 Å². The Bertz CT molecular complexity index is 720. The van der Waals surface area contributed by atoms with E-state index in [1.807, 2.05) is 13.8 Å². The zero-order valence-corrected chi connectivity index (χ0v) is 15.7. The molecule has 5 nitrogen and oxygen atoms in total. The van der Waals surface area contributed by atoms with E-state index in [0.717, 1.165) is 5.56 Å². The van der Waals surface area contributed by atoms with Gasteiger partial charge in [0.2, 0.25) is 0 Å².